The lowest BCUT2D eigenvalue weighted by molar-refractivity contribution is 0.474. The Hall–Kier alpha value is -1.96. The predicted octanol–water partition coefficient (Wildman–Crippen LogP) is 3.62. The second-order valence-electron chi connectivity index (χ2n) is 4.27. The standard InChI is InChI=1S/C15H17NO/c1-11-5-3-8-15(12(11)2)16-10-13-6-4-7-14(17)9-13/h3-9,16-17H,10H2,1-2H3. The number of aryl methyl sites for hydroxylation is 1. The molecule has 0 spiro atoms. The summed E-state index contributed by atoms with van der Waals surface area (Å²) in [6, 6.07) is 13.5. The van der Waals surface area contributed by atoms with Gasteiger partial charge in [-0.15, -0.1) is 0 Å². The van der Waals surface area contributed by atoms with Crippen LogP contribution in [0.1, 0.15) is 16.7 Å². The van der Waals surface area contributed by atoms with Crippen molar-refractivity contribution in [1.29, 1.82) is 0 Å². The third-order valence-corrected chi connectivity index (χ3v) is 3.00. The topological polar surface area (TPSA) is 32.3 Å². The molecule has 88 valence electrons. The largest absolute Gasteiger partial charge is 0.508 e. The van der Waals surface area contributed by atoms with Crippen LogP contribution in [0.4, 0.5) is 5.69 Å². The van der Waals surface area contributed by atoms with Gasteiger partial charge in [-0.05, 0) is 48.7 Å². The molecule has 2 aromatic rings. The Morgan fingerprint density at radius 2 is 1.82 bits per heavy atom. The maximum Gasteiger partial charge on any atom is 0.115 e. The Morgan fingerprint density at radius 1 is 1.06 bits per heavy atom. The smallest absolute Gasteiger partial charge is 0.115 e. The van der Waals surface area contributed by atoms with Crippen LogP contribution in [0.2, 0.25) is 0 Å². The van der Waals surface area contributed by atoms with Gasteiger partial charge in [-0.25, -0.2) is 0 Å². The van der Waals surface area contributed by atoms with Crippen molar-refractivity contribution < 1.29 is 5.11 Å². The van der Waals surface area contributed by atoms with E-state index in [4.69, 9.17) is 0 Å². The lowest BCUT2D eigenvalue weighted by Gasteiger charge is -2.11. The molecule has 0 heterocycles. The van der Waals surface area contributed by atoms with Crippen LogP contribution in [-0.4, -0.2) is 5.11 Å². The maximum absolute atomic E-state index is 9.38. The van der Waals surface area contributed by atoms with Crippen LogP contribution in [-0.2, 0) is 6.54 Å². The fourth-order valence-corrected chi connectivity index (χ4v) is 1.81. The van der Waals surface area contributed by atoms with Crippen LogP contribution < -0.4 is 5.32 Å². The minimum atomic E-state index is 0.310. The van der Waals surface area contributed by atoms with Gasteiger partial charge in [-0.3, -0.25) is 0 Å². The number of nitrogens with one attached hydrogen (secondary N) is 1. The van der Waals surface area contributed by atoms with Crippen LogP contribution in [0, 0.1) is 13.8 Å². The zero-order valence-electron chi connectivity index (χ0n) is 10.2. The average molecular weight is 227 g/mol. The molecule has 0 unspecified atom stereocenters. The van der Waals surface area contributed by atoms with E-state index in [0.29, 0.717) is 5.75 Å². The second-order valence-corrected chi connectivity index (χ2v) is 4.27. The summed E-state index contributed by atoms with van der Waals surface area (Å²) in [6.07, 6.45) is 0. The molecule has 0 atom stereocenters. The summed E-state index contributed by atoms with van der Waals surface area (Å²) in [7, 11) is 0. The molecule has 17 heavy (non-hydrogen) atoms. The van der Waals surface area contributed by atoms with E-state index in [9.17, 15) is 5.11 Å². The number of phenolic OH excluding ortho intramolecular Hbond substituents is 1. The molecule has 0 aliphatic rings. The molecule has 0 saturated heterocycles. The van der Waals surface area contributed by atoms with Gasteiger partial charge in [0.05, 0.1) is 0 Å². The van der Waals surface area contributed by atoms with Gasteiger partial charge in [0, 0.05) is 12.2 Å². The SMILES string of the molecule is Cc1cccc(NCc2cccc(O)c2)c1C. The summed E-state index contributed by atoms with van der Waals surface area (Å²) in [5.41, 5.74) is 4.78. The van der Waals surface area contributed by atoms with E-state index >= 15 is 0 Å². The van der Waals surface area contributed by atoms with E-state index in [1.54, 1.807) is 12.1 Å². The monoisotopic (exact) mass is 227 g/mol. The average Bonchev–Trinajstić information content (AvgIpc) is 2.31. The van der Waals surface area contributed by atoms with Crippen LogP contribution in [0.5, 0.6) is 5.75 Å². The van der Waals surface area contributed by atoms with Crippen LogP contribution in [0.25, 0.3) is 0 Å². The van der Waals surface area contributed by atoms with Crippen molar-refractivity contribution in [3.05, 3.63) is 59.2 Å². The maximum atomic E-state index is 9.38. The molecule has 0 fully saturated rings. The molecule has 2 N–H and O–H groups in total. The summed E-state index contributed by atoms with van der Waals surface area (Å²) in [5, 5.41) is 12.8. The minimum absolute atomic E-state index is 0.310. The van der Waals surface area contributed by atoms with E-state index in [0.717, 1.165) is 17.8 Å². The number of rotatable bonds is 3. The molecule has 0 aliphatic heterocycles. The summed E-state index contributed by atoms with van der Waals surface area (Å²) >= 11 is 0. The van der Waals surface area contributed by atoms with Crippen molar-refractivity contribution in [1.82, 2.24) is 0 Å². The van der Waals surface area contributed by atoms with E-state index in [1.807, 2.05) is 18.2 Å². The van der Waals surface area contributed by atoms with Crippen molar-refractivity contribution in [2.45, 2.75) is 20.4 Å². The van der Waals surface area contributed by atoms with Crippen LogP contribution in [0.3, 0.4) is 0 Å². The fraction of sp³-hybridized carbons (Fsp3) is 0.200. The lowest BCUT2D eigenvalue weighted by atomic mass is 10.1. The molecule has 0 bridgehead atoms. The Bertz CT molecular complexity index is 520. The summed E-state index contributed by atoms with van der Waals surface area (Å²) in [5.74, 6) is 0.310. The molecule has 0 aromatic heterocycles. The number of benzene rings is 2. The van der Waals surface area contributed by atoms with Crippen molar-refractivity contribution >= 4 is 5.69 Å². The zero-order valence-corrected chi connectivity index (χ0v) is 10.2. The molecule has 2 heteroatoms. The van der Waals surface area contributed by atoms with Crippen molar-refractivity contribution in [3.63, 3.8) is 0 Å². The van der Waals surface area contributed by atoms with E-state index in [2.05, 4.69) is 31.3 Å². The Morgan fingerprint density at radius 3 is 2.59 bits per heavy atom. The molecule has 2 nitrogen and oxygen atoms in total. The highest BCUT2D eigenvalue weighted by molar-refractivity contribution is 5.54. The first-order valence-corrected chi connectivity index (χ1v) is 5.75. The van der Waals surface area contributed by atoms with E-state index in [1.165, 1.54) is 11.1 Å². The third kappa shape index (κ3) is 2.78. The summed E-state index contributed by atoms with van der Waals surface area (Å²) in [4.78, 5) is 0. The first-order valence-electron chi connectivity index (χ1n) is 5.75. The van der Waals surface area contributed by atoms with Crippen molar-refractivity contribution in [2.75, 3.05) is 5.32 Å². The van der Waals surface area contributed by atoms with Gasteiger partial charge in [0.2, 0.25) is 0 Å². The Balaban J connectivity index is 2.10. The highest BCUT2D eigenvalue weighted by Crippen LogP contribution is 2.19. The molecule has 2 rings (SSSR count). The van der Waals surface area contributed by atoms with E-state index in [-0.39, 0.29) is 0 Å². The number of phenols is 1. The van der Waals surface area contributed by atoms with Crippen molar-refractivity contribution in [3.8, 4) is 5.75 Å². The molecule has 0 amide bonds. The molecular formula is C15H17NO. The summed E-state index contributed by atoms with van der Waals surface area (Å²) in [6.45, 7) is 4.94. The number of anilines is 1. The zero-order chi connectivity index (χ0) is 12.3. The normalized spacial score (nSPS) is 10.2. The van der Waals surface area contributed by atoms with Gasteiger partial charge in [-0.2, -0.15) is 0 Å². The van der Waals surface area contributed by atoms with Crippen LogP contribution >= 0.6 is 0 Å². The lowest BCUT2D eigenvalue weighted by Crippen LogP contribution is -2.01. The number of hydrogen-bond acceptors (Lipinski definition) is 2. The first kappa shape index (κ1) is 11.5. The highest BCUT2D eigenvalue weighted by Gasteiger charge is 2.00. The van der Waals surface area contributed by atoms with Crippen LogP contribution in [0.15, 0.2) is 42.5 Å². The van der Waals surface area contributed by atoms with Gasteiger partial charge >= 0.3 is 0 Å². The van der Waals surface area contributed by atoms with Gasteiger partial charge < -0.3 is 10.4 Å². The summed E-state index contributed by atoms with van der Waals surface area (Å²) < 4.78 is 0. The molecule has 0 aliphatic carbocycles. The highest BCUT2D eigenvalue weighted by atomic mass is 16.3. The second kappa shape index (κ2) is 4.91. The molecule has 2 aromatic carbocycles. The van der Waals surface area contributed by atoms with Gasteiger partial charge in [0.15, 0.2) is 0 Å². The number of hydrogen-bond donors (Lipinski definition) is 2. The Labute approximate surface area is 102 Å². The number of aromatic hydroxyl groups is 1. The third-order valence-electron chi connectivity index (χ3n) is 3.00. The van der Waals surface area contributed by atoms with Crippen molar-refractivity contribution in [2.24, 2.45) is 0 Å². The van der Waals surface area contributed by atoms with Gasteiger partial charge in [-0.1, -0.05) is 24.3 Å². The van der Waals surface area contributed by atoms with Gasteiger partial charge in [0.25, 0.3) is 0 Å². The molecule has 0 radical (unpaired) electrons. The predicted molar refractivity (Wildman–Crippen MR) is 71.3 cm³/mol. The Kier molecular flexibility index (Phi) is 3.33. The van der Waals surface area contributed by atoms with E-state index < -0.39 is 0 Å². The first-order chi connectivity index (χ1) is 8.16. The molecule has 0 saturated carbocycles. The molecular weight excluding hydrogens is 210 g/mol. The van der Waals surface area contributed by atoms with Gasteiger partial charge in [0.1, 0.15) is 5.75 Å². The minimum Gasteiger partial charge on any atom is -0.508 e. The fourth-order valence-electron chi connectivity index (χ4n) is 1.81. The quantitative estimate of drug-likeness (QED) is 0.839.